The second-order valence-electron chi connectivity index (χ2n) is 7.07. The van der Waals surface area contributed by atoms with E-state index < -0.39 is 0 Å². The number of methoxy groups -OCH3 is 2. The van der Waals surface area contributed by atoms with Gasteiger partial charge in [-0.1, -0.05) is 19.9 Å². The zero-order valence-electron chi connectivity index (χ0n) is 18.1. The van der Waals surface area contributed by atoms with Crippen molar-refractivity contribution in [2.45, 2.75) is 39.8 Å². The Balaban J connectivity index is 2.17. The molecule has 0 saturated carbocycles. The van der Waals surface area contributed by atoms with Gasteiger partial charge in [-0.15, -0.1) is 0 Å². The second-order valence-corrected chi connectivity index (χ2v) is 7.07. The van der Waals surface area contributed by atoms with E-state index in [0.717, 1.165) is 12.0 Å². The number of hydrogen-bond acceptors (Lipinski definition) is 5. The van der Waals surface area contributed by atoms with Crippen LogP contribution in [0.25, 0.3) is 23.3 Å². The Labute approximate surface area is 175 Å². The van der Waals surface area contributed by atoms with Crippen molar-refractivity contribution in [3.05, 3.63) is 50.4 Å². The van der Waals surface area contributed by atoms with Crippen molar-refractivity contribution in [1.29, 1.82) is 0 Å². The van der Waals surface area contributed by atoms with Gasteiger partial charge in [0, 0.05) is 26.2 Å². The van der Waals surface area contributed by atoms with Gasteiger partial charge < -0.3 is 14.0 Å². The largest absolute Gasteiger partial charge is 0.497 e. The van der Waals surface area contributed by atoms with Crippen molar-refractivity contribution >= 4 is 23.3 Å². The number of hydrogen-bond donors (Lipinski definition) is 0. The molecule has 0 amide bonds. The van der Waals surface area contributed by atoms with Gasteiger partial charge in [0.2, 0.25) is 0 Å². The van der Waals surface area contributed by atoms with E-state index in [4.69, 9.17) is 9.47 Å². The van der Waals surface area contributed by atoms with Crippen molar-refractivity contribution in [2.24, 2.45) is 7.05 Å². The van der Waals surface area contributed by atoms with Crippen LogP contribution in [0.3, 0.4) is 0 Å². The van der Waals surface area contributed by atoms with Gasteiger partial charge in [0.1, 0.15) is 17.3 Å². The molecule has 0 bridgehead atoms. The van der Waals surface area contributed by atoms with Gasteiger partial charge in [-0.25, -0.2) is 9.78 Å². The van der Waals surface area contributed by atoms with Crippen LogP contribution in [0.4, 0.5) is 0 Å². The molecule has 1 aromatic carbocycles. The molecule has 2 aromatic heterocycles. The number of aromatic nitrogens is 4. The van der Waals surface area contributed by atoms with Crippen LogP contribution in [0, 0.1) is 0 Å². The van der Waals surface area contributed by atoms with E-state index in [1.807, 2.05) is 38.1 Å². The number of fused-ring (bicyclic) bond motifs is 1. The average molecular weight is 412 g/mol. The summed E-state index contributed by atoms with van der Waals surface area (Å²) in [6, 6.07) is 5.55. The molecule has 0 aliphatic rings. The molecule has 0 atom stereocenters. The standard InChI is InChI=1S/C22H28N4O4/c1-6-10-25-20-19(21(27)26(11-7-2)22(25)28)24(3)18(23-20)9-8-15-12-16(29-4)14-17(13-15)30-5/h8-9,12-14H,6-7,10-11H2,1-5H3. The summed E-state index contributed by atoms with van der Waals surface area (Å²) in [5, 5.41) is 0. The highest BCUT2D eigenvalue weighted by molar-refractivity contribution is 5.77. The predicted molar refractivity (Wildman–Crippen MR) is 118 cm³/mol. The van der Waals surface area contributed by atoms with Crippen molar-refractivity contribution < 1.29 is 9.47 Å². The number of aryl methyl sites for hydroxylation is 2. The van der Waals surface area contributed by atoms with Crippen molar-refractivity contribution in [3.8, 4) is 11.5 Å². The summed E-state index contributed by atoms with van der Waals surface area (Å²) in [6.45, 7) is 4.83. The third-order valence-corrected chi connectivity index (χ3v) is 4.97. The molecule has 160 valence electrons. The zero-order valence-corrected chi connectivity index (χ0v) is 18.1. The minimum absolute atomic E-state index is 0.303. The van der Waals surface area contributed by atoms with Crippen LogP contribution in [-0.2, 0) is 20.1 Å². The fourth-order valence-electron chi connectivity index (χ4n) is 3.47. The minimum Gasteiger partial charge on any atom is -0.497 e. The smallest absolute Gasteiger partial charge is 0.332 e. The Morgan fingerprint density at radius 1 is 0.933 bits per heavy atom. The molecule has 3 aromatic rings. The number of benzene rings is 1. The highest BCUT2D eigenvalue weighted by Gasteiger charge is 2.18. The van der Waals surface area contributed by atoms with Gasteiger partial charge in [-0.3, -0.25) is 13.9 Å². The van der Waals surface area contributed by atoms with Gasteiger partial charge in [-0.05, 0) is 36.6 Å². The zero-order chi connectivity index (χ0) is 21.8. The van der Waals surface area contributed by atoms with Gasteiger partial charge in [-0.2, -0.15) is 0 Å². The number of nitrogens with zero attached hydrogens (tertiary/aromatic N) is 4. The van der Waals surface area contributed by atoms with Crippen LogP contribution in [-0.4, -0.2) is 32.9 Å². The Bertz CT molecular complexity index is 1180. The fourth-order valence-corrected chi connectivity index (χ4v) is 3.47. The van der Waals surface area contributed by atoms with Gasteiger partial charge in [0.05, 0.1) is 14.2 Å². The molecule has 30 heavy (non-hydrogen) atoms. The average Bonchev–Trinajstić information content (AvgIpc) is 3.08. The van der Waals surface area contributed by atoms with E-state index in [0.29, 0.717) is 48.0 Å². The first-order valence-electron chi connectivity index (χ1n) is 10.1. The fraction of sp³-hybridized carbons (Fsp3) is 0.409. The molecule has 0 saturated heterocycles. The molecule has 0 aliphatic carbocycles. The first-order chi connectivity index (χ1) is 14.4. The summed E-state index contributed by atoms with van der Waals surface area (Å²) in [5.41, 5.74) is 1.11. The summed E-state index contributed by atoms with van der Waals surface area (Å²) in [6.07, 6.45) is 5.16. The van der Waals surface area contributed by atoms with Crippen molar-refractivity contribution in [3.63, 3.8) is 0 Å². The normalized spacial score (nSPS) is 11.5. The van der Waals surface area contributed by atoms with Gasteiger partial charge in [0.25, 0.3) is 5.56 Å². The molecule has 0 aliphatic heterocycles. The second kappa shape index (κ2) is 9.02. The number of imidazole rings is 1. The molecule has 2 heterocycles. The predicted octanol–water partition coefficient (Wildman–Crippen LogP) is 2.90. The van der Waals surface area contributed by atoms with E-state index in [-0.39, 0.29) is 11.2 Å². The maximum Gasteiger partial charge on any atom is 0.332 e. The minimum atomic E-state index is -0.304. The lowest BCUT2D eigenvalue weighted by atomic mass is 10.2. The van der Waals surface area contributed by atoms with Crippen LogP contribution in [0.15, 0.2) is 27.8 Å². The van der Waals surface area contributed by atoms with E-state index >= 15 is 0 Å². The molecule has 0 fully saturated rings. The van der Waals surface area contributed by atoms with E-state index in [9.17, 15) is 9.59 Å². The topological polar surface area (TPSA) is 80.3 Å². The van der Waals surface area contributed by atoms with E-state index in [1.54, 1.807) is 36.5 Å². The third-order valence-electron chi connectivity index (χ3n) is 4.97. The summed E-state index contributed by atoms with van der Waals surface area (Å²) in [4.78, 5) is 30.5. The quantitative estimate of drug-likeness (QED) is 0.568. The Kier molecular flexibility index (Phi) is 6.44. The Morgan fingerprint density at radius 2 is 1.53 bits per heavy atom. The summed E-state index contributed by atoms with van der Waals surface area (Å²) < 4.78 is 15.3. The van der Waals surface area contributed by atoms with Crippen LogP contribution in [0.2, 0.25) is 0 Å². The molecule has 0 unspecified atom stereocenters. The van der Waals surface area contributed by atoms with Crippen LogP contribution < -0.4 is 20.7 Å². The summed E-state index contributed by atoms with van der Waals surface area (Å²) >= 11 is 0. The molecule has 0 radical (unpaired) electrons. The van der Waals surface area contributed by atoms with Crippen molar-refractivity contribution in [1.82, 2.24) is 18.7 Å². The monoisotopic (exact) mass is 412 g/mol. The number of rotatable bonds is 8. The van der Waals surface area contributed by atoms with E-state index in [1.165, 1.54) is 4.57 Å². The molecule has 0 spiro atoms. The van der Waals surface area contributed by atoms with Crippen LogP contribution >= 0.6 is 0 Å². The SMILES string of the molecule is CCCn1c(=O)c2c(nc(C=Cc3cc(OC)cc(OC)c3)n2C)n(CCC)c1=O. The molecule has 3 rings (SSSR count). The Morgan fingerprint density at radius 3 is 2.10 bits per heavy atom. The van der Waals surface area contributed by atoms with E-state index in [2.05, 4.69) is 4.98 Å². The Hall–Kier alpha value is -3.29. The molecular formula is C22H28N4O4. The first-order valence-corrected chi connectivity index (χ1v) is 10.1. The lowest BCUT2D eigenvalue weighted by Crippen LogP contribution is -2.40. The van der Waals surface area contributed by atoms with Crippen LogP contribution in [0.1, 0.15) is 38.1 Å². The molecule has 8 heteroatoms. The molecule has 0 N–H and O–H groups in total. The molecule has 8 nitrogen and oxygen atoms in total. The first kappa shape index (κ1) is 21.4. The highest BCUT2D eigenvalue weighted by Crippen LogP contribution is 2.24. The summed E-state index contributed by atoms with van der Waals surface area (Å²) in [7, 11) is 4.99. The van der Waals surface area contributed by atoms with Gasteiger partial charge in [0.15, 0.2) is 11.2 Å². The van der Waals surface area contributed by atoms with Gasteiger partial charge >= 0.3 is 5.69 Å². The maximum absolute atomic E-state index is 13.0. The van der Waals surface area contributed by atoms with Crippen LogP contribution in [0.5, 0.6) is 11.5 Å². The number of ether oxygens (including phenoxy) is 2. The third kappa shape index (κ3) is 3.90. The van der Waals surface area contributed by atoms with Crippen molar-refractivity contribution in [2.75, 3.05) is 14.2 Å². The lowest BCUT2D eigenvalue weighted by molar-refractivity contribution is 0.394. The molecular weight excluding hydrogens is 384 g/mol. The lowest BCUT2D eigenvalue weighted by Gasteiger charge is -2.10. The highest BCUT2D eigenvalue weighted by atomic mass is 16.5. The summed E-state index contributed by atoms with van der Waals surface area (Å²) in [5.74, 6) is 1.94. The maximum atomic E-state index is 13.0.